The summed E-state index contributed by atoms with van der Waals surface area (Å²) in [6.45, 7) is 0.330. The first kappa shape index (κ1) is 18.3. The first-order valence-corrected chi connectivity index (χ1v) is 8.73. The average molecular weight is 356 g/mol. The number of methoxy groups -OCH3 is 1. The SMILES string of the molecule is COc1ccccc1C#Cc1ccccc1C(=O)OCCc1ccccc1. The smallest absolute Gasteiger partial charge is 0.339 e. The summed E-state index contributed by atoms with van der Waals surface area (Å²) >= 11 is 0. The van der Waals surface area contributed by atoms with Gasteiger partial charge in [-0.1, -0.05) is 66.4 Å². The van der Waals surface area contributed by atoms with E-state index in [1.165, 1.54) is 0 Å². The molecule has 3 aromatic carbocycles. The van der Waals surface area contributed by atoms with Gasteiger partial charge in [-0.25, -0.2) is 4.79 Å². The van der Waals surface area contributed by atoms with E-state index in [4.69, 9.17) is 9.47 Å². The van der Waals surface area contributed by atoms with Crippen molar-refractivity contribution in [2.45, 2.75) is 6.42 Å². The van der Waals surface area contributed by atoms with Crippen molar-refractivity contribution in [3.8, 4) is 17.6 Å². The minimum absolute atomic E-state index is 0.330. The minimum Gasteiger partial charge on any atom is -0.495 e. The lowest BCUT2D eigenvalue weighted by Gasteiger charge is -2.07. The molecule has 134 valence electrons. The van der Waals surface area contributed by atoms with E-state index in [-0.39, 0.29) is 5.97 Å². The van der Waals surface area contributed by atoms with Crippen molar-refractivity contribution < 1.29 is 14.3 Å². The van der Waals surface area contributed by atoms with Gasteiger partial charge in [-0.15, -0.1) is 0 Å². The number of hydrogen-bond donors (Lipinski definition) is 0. The van der Waals surface area contributed by atoms with Gasteiger partial charge in [-0.3, -0.25) is 0 Å². The molecule has 27 heavy (non-hydrogen) atoms. The van der Waals surface area contributed by atoms with Gasteiger partial charge in [0.2, 0.25) is 0 Å². The van der Waals surface area contributed by atoms with Gasteiger partial charge < -0.3 is 9.47 Å². The Labute approximate surface area is 159 Å². The molecule has 3 aromatic rings. The van der Waals surface area contributed by atoms with Crippen LogP contribution in [0, 0.1) is 11.8 Å². The second-order valence-electron chi connectivity index (χ2n) is 5.87. The molecule has 0 fully saturated rings. The highest BCUT2D eigenvalue weighted by atomic mass is 16.5. The molecule has 0 amide bonds. The summed E-state index contributed by atoms with van der Waals surface area (Å²) in [6.07, 6.45) is 0.682. The molecule has 0 aliphatic carbocycles. The van der Waals surface area contributed by atoms with Crippen LogP contribution in [0.25, 0.3) is 0 Å². The molecule has 3 heteroatoms. The lowest BCUT2D eigenvalue weighted by molar-refractivity contribution is 0.0509. The summed E-state index contributed by atoms with van der Waals surface area (Å²) < 4.78 is 10.8. The van der Waals surface area contributed by atoms with Crippen molar-refractivity contribution in [2.75, 3.05) is 13.7 Å². The number of hydrogen-bond acceptors (Lipinski definition) is 3. The van der Waals surface area contributed by atoms with E-state index in [2.05, 4.69) is 11.8 Å². The summed E-state index contributed by atoms with van der Waals surface area (Å²) in [5, 5.41) is 0. The van der Waals surface area contributed by atoms with Crippen LogP contribution >= 0.6 is 0 Å². The molecule has 0 atom stereocenters. The Bertz CT molecular complexity index is 965. The van der Waals surface area contributed by atoms with E-state index in [0.717, 1.165) is 11.1 Å². The fraction of sp³-hybridized carbons (Fsp3) is 0.125. The number of benzene rings is 3. The van der Waals surface area contributed by atoms with E-state index in [1.807, 2.05) is 72.8 Å². The van der Waals surface area contributed by atoms with E-state index in [1.54, 1.807) is 13.2 Å². The summed E-state index contributed by atoms with van der Waals surface area (Å²) in [6, 6.07) is 24.7. The molecule has 0 bridgehead atoms. The quantitative estimate of drug-likeness (QED) is 0.499. The van der Waals surface area contributed by atoms with Gasteiger partial charge in [0.05, 0.1) is 24.8 Å². The maximum Gasteiger partial charge on any atom is 0.339 e. The fourth-order valence-electron chi connectivity index (χ4n) is 2.64. The third-order valence-corrected chi connectivity index (χ3v) is 4.05. The maximum atomic E-state index is 12.5. The van der Waals surface area contributed by atoms with Crippen molar-refractivity contribution >= 4 is 5.97 Å². The van der Waals surface area contributed by atoms with Gasteiger partial charge in [0, 0.05) is 12.0 Å². The number of para-hydroxylation sites is 1. The lowest BCUT2D eigenvalue weighted by atomic mass is 10.1. The van der Waals surface area contributed by atoms with Crippen LogP contribution in [-0.4, -0.2) is 19.7 Å². The van der Waals surface area contributed by atoms with Crippen LogP contribution < -0.4 is 4.74 Å². The van der Waals surface area contributed by atoms with Crippen LogP contribution in [0.2, 0.25) is 0 Å². The van der Waals surface area contributed by atoms with Gasteiger partial charge in [0.1, 0.15) is 5.75 Å². The van der Waals surface area contributed by atoms with Crippen molar-refractivity contribution in [1.29, 1.82) is 0 Å². The van der Waals surface area contributed by atoms with Crippen molar-refractivity contribution in [2.24, 2.45) is 0 Å². The normalized spacial score (nSPS) is 9.81. The predicted molar refractivity (Wildman–Crippen MR) is 106 cm³/mol. The van der Waals surface area contributed by atoms with Crippen molar-refractivity contribution in [3.05, 3.63) is 101 Å². The Morgan fingerprint density at radius 3 is 2.22 bits per heavy atom. The number of rotatable bonds is 5. The zero-order chi connectivity index (χ0) is 18.9. The number of carbonyl (C=O) groups excluding carboxylic acids is 1. The monoisotopic (exact) mass is 356 g/mol. The Balaban J connectivity index is 1.72. The van der Waals surface area contributed by atoms with E-state index in [0.29, 0.717) is 29.9 Å². The van der Waals surface area contributed by atoms with Crippen LogP contribution in [0.5, 0.6) is 5.75 Å². The molecule has 0 heterocycles. The average Bonchev–Trinajstić information content (AvgIpc) is 2.73. The zero-order valence-corrected chi connectivity index (χ0v) is 15.1. The molecule has 0 saturated heterocycles. The summed E-state index contributed by atoms with van der Waals surface area (Å²) in [7, 11) is 1.61. The van der Waals surface area contributed by atoms with Crippen molar-refractivity contribution in [1.82, 2.24) is 0 Å². The Morgan fingerprint density at radius 2 is 1.44 bits per heavy atom. The highest BCUT2D eigenvalue weighted by Crippen LogP contribution is 2.16. The number of carbonyl (C=O) groups is 1. The fourth-order valence-corrected chi connectivity index (χ4v) is 2.64. The van der Waals surface area contributed by atoms with Crippen LogP contribution in [0.3, 0.4) is 0 Å². The van der Waals surface area contributed by atoms with Gasteiger partial charge >= 0.3 is 5.97 Å². The summed E-state index contributed by atoms with van der Waals surface area (Å²) in [5.41, 5.74) is 3.00. The Hall–Kier alpha value is -3.51. The van der Waals surface area contributed by atoms with Crippen LogP contribution in [0.4, 0.5) is 0 Å². The topological polar surface area (TPSA) is 35.5 Å². The number of esters is 1. The lowest BCUT2D eigenvalue weighted by Crippen LogP contribution is -2.09. The molecule has 0 aliphatic heterocycles. The molecule has 0 saturated carbocycles. The maximum absolute atomic E-state index is 12.5. The molecule has 3 rings (SSSR count). The molecule has 0 unspecified atom stereocenters. The highest BCUT2D eigenvalue weighted by Gasteiger charge is 2.11. The first-order chi connectivity index (χ1) is 13.3. The second kappa shape index (κ2) is 9.26. The molecule has 3 nitrogen and oxygen atoms in total. The number of ether oxygens (including phenoxy) is 2. The van der Waals surface area contributed by atoms with Gasteiger partial charge in [0.15, 0.2) is 0 Å². The third-order valence-electron chi connectivity index (χ3n) is 4.05. The molecule has 0 N–H and O–H groups in total. The van der Waals surface area contributed by atoms with E-state index < -0.39 is 0 Å². The molecule has 0 aromatic heterocycles. The largest absolute Gasteiger partial charge is 0.495 e. The molecular weight excluding hydrogens is 336 g/mol. The minimum atomic E-state index is -0.365. The van der Waals surface area contributed by atoms with Crippen LogP contribution in [0.1, 0.15) is 27.0 Å². The molecular formula is C24H20O3. The highest BCUT2D eigenvalue weighted by molar-refractivity contribution is 5.92. The summed E-state index contributed by atoms with van der Waals surface area (Å²) in [4.78, 5) is 12.5. The summed E-state index contributed by atoms with van der Waals surface area (Å²) in [5.74, 6) is 6.47. The van der Waals surface area contributed by atoms with E-state index >= 15 is 0 Å². The van der Waals surface area contributed by atoms with Crippen molar-refractivity contribution in [3.63, 3.8) is 0 Å². The molecule has 0 spiro atoms. The molecule has 0 radical (unpaired) electrons. The Kier molecular flexibility index (Phi) is 6.27. The van der Waals surface area contributed by atoms with Crippen LogP contribution in [0.15, 0.2) is 78.9 Å². The van der Waals surface area contributed by atoms with E-state index in [9.17, 15) is 4.79 Å². The second-order valence-corrected chi connectivity index (χ2v) is 5.87. The third kappa shape index (κ3) is 4.99. The Morgan fingerprint density at radius 1 is 0.815 bits per heavy atom. The zero-order valence-electron chi connectivity index (χ0n) is 15.1. The van der Waals surface area contributed by atoms with Gasteiger partial charge in [-0.05, 0) is 29.8 Å². The van der Waals surface area contributed by atoms with Gasteiger partial charge in [0.25, 0.3) is 0 Å². The van der Waals surface area contributed by atoms with Gasteiger partial charge in [-0.2, -0.15) is 0 Å². The molecule has 0 aliphatic rings. The first-order valence-electron chi connectivity index (χ1n) is 8.73. The van der Waals surface area contributed by atoms with Crippen LogP contribution in [-0.2, 0) is 11.2 Å². The predicted octanol–water partition coefficient (Wildman–Crippen LogP) is 4.49. The standard InChI is InChI=1S/C24H20O3/c1-26-23-14-8-6-12-21(23)16-15-20-11-5-7-13-22(20)24(25)27-18-17-19-9-3-2-4-10-19/h2-14H,17-18H2,1H3.